The Balaban J connectivity index is 1.50. The van der Waals surface area contributed by atoms with E-state index in [1.54, 1.807) is 12.3 Å². The topological polar surface area (TPSA) is 82.7 Å². The molecule has 142 valence electrons. The average molecular weight is 379 g/mol. The van der Waals surface area contributed by atoms with E-state index in [0.717, 1.165) is 63.9 Å². The zero-order valence-electron chi connectivity index (χ0n) is 15.0. The molecule has 1 aromatic rings. The molecule has 1 aliphatic carbocycles. The largest absolute Gasteiger partial charge is 0.397 e. The van der Waals surface area contributed by atoms with Crippen molar-refractivity contribution in [2.75, 3.05) is 30.3 Å². The first-order valence-corrected chi connectivity index (χ1v) is 10.0. The third-order valence-corrected chi connectivity index (χ3v) is 6.65. The summed E-state index contributed by atoms with van der Waals surface area (Å²) in [5.74, 6) is 1.02. The van der Waals surface area contributed by atoms with E-state index in [2.05, 4.69) is 14.8 Å². The summed E-state index contributed by atoms with van der Waals surface area (Å²) < 4.78 is 0. The van der Waals surface area contributed by atoms with Crippen molar-refractivity contribution in [2.45, 2.75) is 57.1 Å². The highest BCUT2D eigenvalue weighted by atomic mass is 35.5. The first kappa shape index (κ1) is 17.9. The summed E-state index contributed by atoms with van der Waals surface area (Å²) in [6.45, 7) is 2.37. The van der Waals surface area contributed by atoms with Gasteiger partial charge in [-0.15, -0.1) is 0 Å². The van der Waals surface area contributed by atoms with Crippen LogP contribution in [-0.4, -0.2) is 52.7 Å². The summed E-state index contributed by atoms with van der Waals surface area (Å²) in [6, 6.07) is 2.01. The molecule has 7 heteroatoms. The van der Waals surface area contributed by atoms with Crippen molar-refractivity contribution in [3.05, 3.63) is 17.3 Å². The van der Waals surface area contributed by atoms with Gasteiger partial charge in [0.05, 0.1) is 28.4 Å². The lowest BCUT2D eigenvalue weighted by molar-refractivity contribution is -0.139. The molecule has 0 bridgehead atoms. The number of nitrogens with two attached hydrogens (primary N) is 1. The van der Waals surface area contributed by atoms with Gasteiger partial charge in [0.1, 0.15) is 5.82 Å². The number of nitrogens with zero attached hydrogens (tertiary/aromatic N) is 3. The number of hydrogen-bond donors (Lipinski definition) is 2. The minimum absolute atomic E-state index is 0.193. The first-order chi connectivity index (χ1) is 12.5. The number of pyridine rings is 1. The van der Waals surface area contributed by atoms with E-state index in [1.807, 2.05) is 0 Å². The van der Waals surface area contributed by atoms with E-state index in [0.29, 0.717) is 23.3 Å². The number of aromatic nitrogens is 1. The molecule has 1 amide bonds. The van der Waals surface area contributed by atoms with Gasteiger partial charge in [0.15, 0.2) is 0 Å². The van der Waals surface area contributed by atoms with Crippen LogP contribution in [0.4, 0.5) is 11.5 Å². The molecule has 1 spiro atoms. The van der Waals surface area contributed by atoms with Crippen LogP contribution in [0.5, 0.6) is 0 Å². The van der Waals surface area contributed by atoms with Crippen LogP contribution in [0.15, 0.2) is 12.3 Å². The first-order valence-electron chi connectivity index (χ1n) is 9.64. The van der Waals surface area contributed by atoms with Crippen LogP contribution >= 0.6 is 11.6 Å². The summed E-state index contributed by atoms with van der Waals surface area (Å²) >= 11 is 6.36. The highest BCUT2D eigenvalue weighted by Crippen LogP contribution is 2.44. The fourth-order valence-corrected chi connectivity index (χ4v) is 5.23. The van der Waals surface area contributed by atoms with Gasteiger partial charge in [-0.25, -0.2) is 4.98 Å². The van der Waals surface area contributed by atoms with Crippen LogP contribution in [0.2, 0.25) is 5.02 Å². The second-order valence-corrected chi connectivity index (χ2v) is 8.50. The van der Waals surface area contributed by atoms with Crippen LogP contribution in [0.1, 0.15) is 44.9 Å². The molecule has 3 fully saturated rings. The molecule has 3 heterocycles. The monoisotopic (exact) mass is 378 g/mol. The van der Waals surface area contributed by atoms with Crippen LogP contribution in [-0.2, 0) is 4.79 Å². The number of aliphatic hydroxyl groups excluding tert-OH is 1. The van der Waals surface area contributed by atoms with E-state index in [9.17, 15) is 9.90 Å². The van der Waals surface area contributed by atoms with Crippen molar-refractivity contribution in [3.8, 4) is 0 Å². The maximum Gasteiger partial charge on any atom is 0.230 e. The molecule has 2 aliphatic heterocycles. The minimum Gasteiger partial charge on any atom is -0.397 e. The molecule has 3 aliphatic rings. The minimum atomic E-state index is -0.319. The Bertz CT molecular complexity index is 692. The molecule has 1 saturated carbocycles. The van der Waals surface area contributed by atoms with E-state index in [4.69, 9.17) is 17.3 Å². The Labute approximate surface area is 159 Å². The second-order valence-electron chi connectivity index (χ2n) is 8.09. The number of piperidine rings is 1. The maximum atomic E-state index is 13.3. The lowest BCUT2D eigenvalue weighted by Gasteiger charge is -2.41. The smallest absolute Gasteiger partial charge is 0.230 e. The van der Waals surface area contributed by atoms with Gasteiger partial charge in [0, 0.05) is 25.7 Å². The Kier molecular flexibility index (Phi) is 4.73. The standard InChI is InChI=1S/C19H27ClN4O2/c20-16-10-13(21)11-22-17(16)23-8-1-6-19(12-23)7-9-24(18(19)26)14-2-4-15(25)5-3-14/h10-11,14-15,25H,1-9,12,21H2/t14?,15?,19-/m1/s1. The maximum absolute atomic E-state index is 13.3. The molecular formula is C19H27ClN4O2. The predicted octanol–water partition coefficient (Wildman–Crippen LogP) is 2.44. The number of halogens is 1. The highest BCUT2D eigenvalue weighted by molar-refractivity contribution is 6.33. The van der Waals surface area contributed by atoms with Gasteiger partial charge in [-0.1, -0.05) is 11.6 Å². The van der Waals surface area contributed by atoms with Gasteiger partial charge >= 0.3 is 0 Å². The van der Waals surface area contributed by atoms with E-state index in [1.165, 1.54) is 0 Å². The van der Waals surface area contributed by atoms with Crippen LogP contribution in [0.25, 0.3) is 0 Å². The summed E-state index contributed by atoms with van der Waals surface area (Å²) in [4.78, 5) is 22.0. The number of carbonyl (C=O) groups is 1. The van der Waals surface area contributed by atoms with Gasteiger partial charge in [-0.05, 0) is 51.0 Å². The van der Waals surface area contributed by atoms with Crippen molar-refractivity contribution in [3.63, 3.8) is 0 Å². The van der Waals surface area contributed by atoms with Crippen LogP contribution in [0, 0.1) is 5.41 Å². The fourth-order valence-electron chi connectivity index (χ4n) is 4.94. The van der Waals surface area contributed by atoms with Crippen molar-refractivity contribution >= 4 is 29.0 Å². The van der Waals surface area contributed by atoms with E-state index < -0.39 is 0 Å². The summed E-state index contributed by atoms with van der Waals surface area (Å²) in [7, 11) is 0. The normalized spacial score (nSPS) is 32.5. The third kappa shape index (κ3) is 3.14. The number of carbonyl (C=O) groups excluding carboxylic acids is 1. The number of hydrogen-bond acceptors (Lipinski definition) is 5. The molecule has 0 radical (unpaired) electrons. The summed E-state index contributed by atoms with van der Waals surface area (Å²) in [5, 5.41) is 10.3. The Morgan fingerprint density at radius 1 is 1.23 bits per heavy atom. The number of amides is 1. The zero-order chi connectivity index (χ0) is 18.3. The zero-order valence-corrected chi connectivity index (χ0v) is 15.8. The Morgan fingerprint density at radius 2 is 2.00 bits per heavy atom. The molecule has 26 heavy (non-hydrogen) atoms. The molecule has 1 aromatic heterocycles. The molecule has 6 nitrogen and oxygen atoms in total. The number of likely N-dealkylation sites (tertiary alicyclic amines) is 1. The second kappa shape index (κ2) is 6.89. The van der Waals surface area contributed by atoms with E-state index in [-0.39, 0.29) is 17.4 Å². The van der Waals surface area contributed by atoms with Gasteiger partial charge in [0.2, 0.25) is 5.91 Å². The van der Waals surface area contributed by atoms with Crippen molar-refractivity contribution in [1.29, 1.82) is 0 Å². The van der Waals surface area contributed by atoms with Crippen molar-refractivity contribution in [2.24, 2.45) is 5.41 Å². The van der Waals surface area contributed by atoms with Crippen LogP contribution < -0.4 is 10.6 Å². The van der Waals surface area contributed by atoms with Crippen LogP contribution in [0.3, 0.4) is 0 Å². The lowest BCUT2D eigenvalue weighted by Crippen LogP contribution is -2.50. The number of anilines is 2. The van der Waals surface area contributed by atoms with Crippen molar-refractivity contribution < 1.29 is 9.90 Å². The predicted molar refractivity (Wildman–Crippen MR) is 102 cm³/mol. The molecular weight excluding hydrogens is 352 g/mol. The third-order valence-electron chi connectivity index (χ3n) is 6.37. The van der Waals surface area contributed by atoms with Gasteiger partial charge < -0.3 is 20.6 Å². The molecule has 2 saturated heterocycles. The summed E-state index contributed by atoms with van der Waals surface area (Å²) in [5.41, 5.74) is 5.99. The number of aliphatic hydroxyl groups is 1. The SMILES string of the molecule is Nc1cnc(N2CCC[C@@]3(CCN(C4CCC(O)CC4)C3=O)C2)c(Cl)c1. The van der Waals surface area contributed by atoms with Crippen molar-refractivity contribution in [1.82, 2.24) is 9.88 Å². The quantitative estimate of drug-likeness (QED) is 0.825. The van der Waals surface area contributed by atoms with E-state index >= 15 is 0 Å². The molecule has 1 atom stereocenters. The molecule has 0 unspecified atom stereocenters. The lowest BCUT2D eigenvalue weighted by atomic mass is 9.78. The molecule has 0 aromatic carbocycles. The fraction of sp³-hybridized carbons (Fsp3) is 0.684. The Morgan fingerprint density at radius 3 is 2.73 bits per heavy atom. The van der Waals surface area contributed by atoms with Gasteiger partial charge in [0.25, 0.3) is 0 Å². The number of nitrogen functional groups attached to an aromatic ring is 1. The molecule has 4 rings (SSSR count). The Hall–Kier alpha value is -1.53. The van der Waals surface area contributed by atoms with Gasteiger partial charge in [-0.2, -0.15) is 0 Å². The molecule has 3 N–H and O–H groups in total. The van der Waals surface area contributed by atoms with Gasteiger partial charge in [-0.3, -0.25) is 4.79 Å². The summed E-state index contributed by atoms with van der Waals surface area (Å²) in [6.07, 6.45) is 7.66. The number of rotatable bonds is 2. The average Bonchev–Trinajstić information content (AvgIpc) is 2.92. The highest BCUT2D eigenvalue weighted by Gasteiger charge is 2.50.